The van der Waals surface area contributed by atoms with Crippen LogP contribution in [0.4, 0.5) is 17.1 Å². The highest BCUT2D eigenvalue weighted by atomic mass is 15.3. The largest absolute Gasteiger partial charge is 0.310 e. The van der Waals surface area contributed by atoms with Crippen LogP contribution in [0.2, 0.25) is 0 Å². The van der Waals surface area contributed by atoms with Crippen LogP contribution in [-0.4, -0.2) is 9.78 Å². The summed E-state index contributed by atoms with van der Waals surface area (Å²) in [6.07, 6.45) is 1.93. The summed E-state index contributed by atoms with van der Waals surface area (Å²) in [6.45, 7) is 0. The molecule has 0 atom stereocenters. The molecular formula is C25H19N3. The fourth-order valence-corrected chi connectivity index (χ4v) is 3.54. The van der Waals surface area contributed by atoms with Gasteiger partial charge >= 0.3 is 0 Å². The molecule has 1 aromatic heterocycles. The predicted octanol–water partition coefficient (Wildman–Crippen LogP) is 6.50. The molecular weight excluding hydrogens is 342 g/mol. The second-order valence-corrected chi connectivity index (χ2v) is 6.64. The van der Waals surface area contributed by atoms with Crippen molar-refractivity contribution in [2.75, 3.05) is 4.90 Å². The van der Waals surface area contributed by atoms with E-state index in [1.54, 1.807) is 0 Å². The average Bonchev–Trinajstić information content (AvgIpc) is 3.19. The van der Waals surface area contributed by atoms with Crippen molar-refractivity contribution in [1.82, 2.24) is 9.78 Å². The van der Waals surface area contributed by atoms with E-state index >= 15 is 0 Å². The Hall–Kier alpha value is -3.85. The van der Waals surface area contributed by atoms with Gasteiger partial charge in [0.05, 0.1) is 17.4 Å². The van der Waals surface area contributed by atoms with Gasteiger partial charge in [-0.05, 0) is 54.6 Å². The smallest absolute Gasteiger partial charge is 0.0742 e. The fraction of sp³-hybridized carbons (Fsp3) is 0. The number of rotatable bonds is 4. The molecule has 3 nitrogen and oxygen atoms in total. The molecule has 3 heteroatoms. The molecule has 1 heterocycles. The van der Waals surface area contributed by atoms with Crippen LogP contribution in [0.25, 0.3) is 16.6 Å². The van der Waals surface area contributed by atoms with Crippen molar-refractivity contribution in [3.05, 3.63) is 115 Å². The Bertz CT molecular complexity index is 1160. The molecule has 0 aliphatic rings. The molecule has 0 N–H and O–H groups in total. The second-order valence-electron chi connectivity index (χ2n) is 6.64. The second kappa shape index (κ2) is 7.05. The first-order chi connectivity index (χ1) is 13.9. The zero-order valence-electron chi connectivity index (χ0n) is 15.3. The SMILES string of the molecule is c1ccc(N(c2ccccc2)c2ccc3c(cnn3-c3ccccc3)c2)cc1. The summed E-state index contributed by atoms with van der Waals surface area (Å²) in [5.41, 5.74) is 5.52. The maximum Gasteiger partial charge on any atom is 0.0742 e. The van der Waals surface area contributed by atoms with Gasteiger partial charge < -0.3 is 4.90 Å². The summed E-state index contributed by atoms with van der Waals surface area (Å²) >= 11 is 0. The highest BCUT2D eigenvalue weighted by Crippen LogP contribution is 2.35. The minimum absolute atomic E-state index is 1.06. The molecule has 0 aliphatic heterocycles. The standard InChI is InChI=1S/C25H19N3/c1-4-10-21(11-5-1)27(22-12-6-2-7-13-22)24-16-17-25-20(18-24)19-26-28(25)23-14-8-3-9-15-23/h1-19H. The summed E-state index contributed by atoms with van der Waals surface area (Å²) in [7, 11) is 0. The van der Waals surface area contributed by atoms with Crippen molar-refractivity contribution in [1.29, 1.82) is 0 Å². The van der Waals surface area contributed by atoms with Crippen molar-refractivity contribution in [2.45, 2.75) is 0 Å². The highest BCUT2D eigenvalue weighted by molar-refractivity contribution is 5.87. The van der Waals surface area contributed by atoms with Crippen molar-refractivity contribution < 1.29 is 0 Å². The fourth-order valence-electron chi connectivity index (χ4n) is 3.54. The average molecular weight is 361 g/mol. The lowest BCUT2D eigenvalue weighted by molar-refractivity contribution is 0.911. The van der Waals surface area contributed by atoms with Crippen LogP contribution >= 0.6 is 0 Å². The minimum atomic E-state index is 1.06. The first kappa shape index (κ1) is 16.3. The van der Waals surface area contributed by atoms with E-state index in [2.05, 4.69) is 88.9 Å². The van der Waals surface area contributed by atoms with Gasteiger partial charge in [-0.25, -0.2) is 4.68 Å². The van der Waals surface area contributed by atoms with Crippen molar-refractivity contribution >= 4 is 28.0 Å². The Morgan fingerprint density at radius 3 is 1.75 bits per heavy atom. The molecule has 0 fully saturated rings. The molecule has 0 unspecified atom stereocenters. The Balaban J connectivity index is 1.64. The molecule has 28 heavy (non-hydrogen) atoms. The van der Waals surface area contributed by atoms with Crippen LogP contribution in [0.15, 0.2) is 115 Å². The van der Waals surface area contributed by atoms with Crippen LogP contribution in [0.3, 0.4) is 0 Å². The van der Waals surface area contributed by atoms with Gasteiger partial charge in [0, 0.05) is 22.4 Å². The zero-order valence-corrected chi connectivity index (χ0v) is 15.3. The van der Waals surface area contributed by atoms with E-state index in [1.165, 1.54) is 0 Å². The molecule has 0 spiro atoms. The maximum atomic E-state index is 4.61. The Morgan fingerprint density at radius 1 is 0.571 bits per heavy atom. The third-order valence-electron chi connectivity index (χ3n) is 4.84. The molecule has 0 amide bonds. The van der Waals surface area contributed by atoms with Crippen LogP contribution in [0, 0.1) is 0 Å². The molecule has 0 saturated heterocycles. The molecule has 0 bridgehead atoms. The number of hydrogen-bond acceptors (Lipinski definition) is 2. The lowest BCUT2D eigenvalue weighted by Crippen LogP contribution is -2.09. The van der Waals surface area contributed by atoms with E-state index in [0.717, 1.165) is 33.7 Å². The first-order valence-corrected chi connectivity index (χ1v) is 9.33. The third kappa shape index (κ3) is 2.93. The normalized spacial score (nSPS) is 10.9. The van der Waals surface area contributed by atoms with Gasteiger partial charge in [-0.3, -0.25) is 0 Å². The summed E-state index contributed by atoms with van der Waals surface area (Å²) in [5, 5.41) is 5.72. The molecule has 134 valence electrons. The van der Waals surface area contributed by atoms with E-state index in [0.29, 0.717) is 0 Å². The van der Waals surface area contributed by atoms with Crippen LogP contribution in [-0.2, 0) is 0 Å². The molecule has 5 aromatic rings. The van der Waals surface area contributed by atoms with Crippen LogP contribution in [0.1, 0.15) is 0 Å². The third-order valence-corrected chi connectivity index (χ3v) is 4.84. The number of nitrogens with zero attached hydrogens (tertiary/aromatic N) is 3. The van der Waals surface area contributed by atoms with Gasteiger partial charge in [0.2, 0.25) is 0 Å². The van der Waals surface area contributed by atoms with Crippen LogP contribution < -0.4 is 4.90 Å². The lowest BCUT2D eigenvalue weighted by atomic mass is 10.1. The highest BCUT2D eigenvalue weighted by Gasteiger charge is 2.13. The van der Waals surface area contributed by atoms with Crippen molar-refractivity contribution in [3.63, 3.8) is 0 Å². The minimum Gasteiger partial charge on any atom is -0.310 e. The number of anilines is 3. The maximum absolute atomic E-state index is 4.61. The molecule has 0 aliphatic carbocycles. The van der Waals surface area contributed by atoms with E-state index < -0.39 is 0 Å². The summed E-state index contributed by atoms with van der Waals surface area (Å²) in [5.74, 6) is 0. The zero-order chi connectivity index (χ0) is 18.8. The number of fused-ring (bicyclic) bond motifs is 1. The number of aromatic nitrogens is 2. The van der Waals surface area contributed by atoms with E-state index in [1.807, 2.05) is 41.2 Å². The van der Waals surface area contributed by atoms with Gasteiger partial charge in [-0.1, -0.05) is 54.6 Å². The Kier molecular flexibility index (Phi) is 4.11. The molecule has 4 aromatic carbocycles. The van der Waals surface area contributed by atoms with Gasteiger partial charge in [0.25, 0.3) is 0 Å². The van der Waals surface area contributed by atoms with E-state index in [4.69, 9.17) is 0 Å². The number of hydrogen-bond donors (Lipinski definition) is 0. The lowest BCUT2D eigenvalue weighted by Gasteiger charge is -2.25. The Morgan fingerprint density at radius 2 is 1.14 bits per heavy atom. The molecule has 0 saturated carbocycles. The number of para-hydroxylation sites is 3. The molecule has 5 rings (SSSR count). The van der Waals surface area contributed by atoms with Gasteiger partial charge in [-0.2, -0.15) is 5.10 Å². The van der Waals surface area contributed by atoms with Crippen molar-refractivity contribution in [2.24, 2.45) is 0 Å². The quantitative estimate of drug-likeness (QED) is 0.364. The summed E-state index contributed by atoms with van der Waals surface area (Å²) in [4.78, 5) is 2.26. The monoisotopic (exact) mass is 361 g/mol. The molecule has 0 radical (unpaired) electrons. The van der Waals surface area contributed by atoms with E-state index in [9.17, 15) is 0 Å². The summed E-state index contributed by atoms with van der Waals surface area (Å²) in [6, 6.07) is 37.6. The Labute approximate surface area is 164 Å². The van der Waals surface area contributed by atoms with Gasteiger partial charge in [-0.15, -0.1) is 0 Å². The predicted molar refractivity (Wildman–Crippen MR) is 116 cm³/mol. The first-order valence-electron chi connectivity index (χ1n) is 9.33. The van der Waals surface area contributed by atoms with Gasteiger partial charge in [0.1, 0.15) is 0 Å². The van der Waals surface area contributed by atoms with E-state index in [-0.39, 0.29) is 0 Å². The van der Waals surface area contributed by atoms with Crippen LogP contribution in [0.5, 0.6) is 0 Å². The number of benzene rings is 4. The topological polar surface area (TPSA) is 21.1 Å². The van der Waals surface area contributed by atoms with Crippen molar-refractivity contribution in [3.8, 4) is 5.69 Å². The van der Waals surface area contributed by atoms with Gasteiger partial charge in [0.15, 0.2) is 0 Å². The summed E-state index contributed by atoms with van der Waals surface area (Å²) < 4.78 is 1.98.